The fourth-order valence-corrected chi connectivity index (χ4v) is 1.86. The van der Waals surface area contributed by atoms with Gasteiger partial charge in [0.05, 0.1) is 4.92 Å². The number of hydrogen-bond acceptors (Lipinski definition) is 3. The third-order valence-electron chi connectivity index (χ3n) is 1.61. The molecule has 0 bridgehead atoms. The summed E-state index contributed by atoms with van der Waals surface area (Å²) in [6.07, 6.45) is 0.563. The van der Waals surface area contributed by atoms with Crippen molar-refractivity contribution in [2.75, 3.05) is 0 Å². The highest BCUT2D eigenvalue weighted by Crippen LogP contribution is 2.29. The van der Waals surface area contributed by atoms with Gasteiger partial charge in [0, 0.05) is 16.6 Å². The monoisotopic (exact) mass is 277 g/mol. The highest BCUT2D eigenvalue weighted by atomic mass is 79.9. The molecule has 0 amide bonds. The molecule has 74 valence electrons. The van der Waals surface area contributed by atoms with Gasteiger partial charge < -0.3 is 4.79 Å². The summed E-state index contributed by atoms with van der Waals surface area (Å²) in [6.45, 7) is 0. The SMILES string of the molecule is O=CC(Cl)c1ccc([N+](=O)[O-])cc1Br. The van der Waals surface area contributed by atoms with Crippen molar-refractivity contribution in [3.63, 3.8) is 0 Å². The third-order valence-corrected chi connectivity index (χ3v) is 2.64. The molecule has 0 aromatic heterocycles. The number of hydrogen-bond donors (Lipinski definition) is 0. The molecule has 0 aliphatic carbocycles. The molecule has 1 unspecified atom stereocenters. The predicted molar refractivity (Wildman–Crippen MR) is 55.5 cm³/mol. The van der Waals surface area contributed by atoms with Crippen molar-refractivity contribution in [3.05, 3.63) is 38.3 Å². The van der Waals surface area contributed by atoms with Crippen LogP contribution >= 0.6 is 27.5 Å². The van der Waals surface area contributed by atoms with Crippen LogP contribution in [-0.2, 0) is 4.79 Å². The summed E-state index contributed by atoms with van der Waals surface area (Å²) >= 11 is 8.77. The molecule has 0 N–H and O–H groups in total. The molecule has 0 aliphatic rings. The predicted octanol–water partition coefficient (Wildman–Crippen LogP) is 2.84. The van der Waals surface area contributed by atoms with Crippen molar-refractivity contribution >= 4 is 39.5 Å². The molecular weight excluding hydrogens is 273 g/mol. The summed E-state index contributed by atoms with van der Waals surface area (Å²) in [6, 6.07) is 4.07. The van der Waals surface area contributed by atoms with Crippen molar-refractivity contribution in [2.45, 2.75) is 5.38 Å². The van der Waals surface area contributed by atoms with Crippen LogP contribution in [0.4, 0.5) is 5.69 Å². The number of non-ortho nitro benzene ring substituents is 1. The normalized spacial score (nSPS) is 12.1. The Morgan fingerprint density at radius 2 is 2.21 bits per heavy atom. The minimum atomic E-state index is -0.787. The molecule has 1 atom stereocenters. The van der Waals surface area contributed by atoms with Crippen molar-refractivity contribution in [1.82, 2.24) is 0 Å². The van der Waals surface area contributed by atoms with E-state index in [0.717, 1.165) is 0 Å². The first-order valence-corrected chi connectivity index (χ1v) is 4.82. The van der Waals surface area contributed by atoms with E-state index in [-0.39, 0.29) is 5.69 Å². The van der Waals surface area contributed by atoms with E-state index >= 15 is 0 Å². The van der Waals surface area contributed by atoms with Gasteiger partial charge in [-0.1, -0.05) is 15.9 Å². The largest absolute Gasteiger partial charge is 0.301 e. The maximum atomic E-state index is 10.4. The summed E-state index contributed by atoms with van der Waals surface area (Å²) in [5, 5.41) is 9.60. The van der Waals surface area contributed by atoms with Crippen molar-refractivity contribution in [2.24, 2.45) is 0 Å². The number of carbonyl (C=O) groups excluding carboxylic acids is 1. The second kappa shape index (κ2) is 4.52. The highest BCUT2D eigenvalue weighted by molar-refractivity contribution is 9.10. The molecule has 0 fully saturated rings. The summed E-state index contributed by atoms with van der Waals surface area (Å²) in [5.41, 5.74) is 0.475. The molecule has 0 aliphatic heterocycles. The minimum Gasteiger partial charge on any atom is -0.301 e. The van der Waals surface area contributed by atoms with E-state index in [1.165, 1.54) is 18.2 Å². The van der Waals surface area contributed by atoms with Crippen molar-refractivity contribution < 1.29 is 9.72 Å². The van der Waals surface area contributed by atoms with Gasteiger partial charge >= 0.3 is 0 Å². The summed E-state index contributed by atoms with van der Waals surface area (Å²) < 4.78 is 0.457. The fraction of sp³-hybridized carbons (Fsp3) is 0.125. The maximum Gasteiger partial charge on any atom is 0.270 e. The Balaban J connectivity index is 3.13. The molecule has 1 aromatic rings. The number of benzene rings is 1. The van der Waals surface area contributed by atoms with Gasteiger partial charge in [-0.2, -0.15) is 0 Å². The first kappa shape index (κ1) is 11.1. The number of carbonyl (C=O) groups is 1. The first-order chi connectivity index (χ1) is 6.56. The molecule has 0 saturated carbocycles. The van der Waals surface area contributed by atoms with Gasteiger partial charge in [0.25, 0.3) is 5.69 Å². The Hall–Kier alpha value is -0.940. The Kier molecular flexibility index (Phi) is 3.60. The van der Waals surface area contributed by atoms with E-state index in [1.807, 2.05) is 0 Å². The lowest BCUT2D eigenvalue weighted by atomic mass is 10.1. The van der Waals surface area contributed by atoms with Crippen LogP contribution in [0.25, 0.3) is 0 Å². The number of nitro groups is 1. The van der Waals surface area contributed by atoms with E-state index in [1.54, 1.807) is 0 Å². The molecule has 1 aromatic carbocycles. The van der Waals surface area contributed by atoms with Crippen LogP contribution in [0.15, 0.2) is 22.7 Å². The van der Waals surface area contributed by atoms with E-state index in [2.05, 4.69) is 15.9 Å². The van der Waals surface area contributed by atoms with Crippen LogP contribution in [0.2, 0.25) is 0 Å². The molecule has 1 rings (SSSR count). The van der Waals surface area contributed by atoms with Crippen LogP contribution in [0.5, 0.6) is 0 Å². The minimum absolute atomic E-state index is 0.0459. The smallest absolute Gasteiger partial charge is 0.270 e. The standard InChI is InChI=1S/C8H5BrClNO3/c9-7-3-5(11(13)14)1-2-6(7)8(10)4-12/h1-4,8H. The van der Waals surface area contributed by atoms with Crippen LogP contribution in [0.1, 0.15) is 10.9 Å². The lowest BCUT2D eigenvalue weighted by Gasteiger charge is -2.04. The number of halogens is 2. The summed E-state index contributed by atoms with van der Waals surface area (Å²) in [4.78, 5) is 20.3. The Labute approximate surface area is 93.1 Å². The van der Waals surface area contributed by atoms with Crippen LogP contribution in [0.3, 0.4) is 0 Å². The molecule has 14 heavy (non-hydrogen) atoms. The zero-order valence-corrected chi connectivity index (χ0v) is 9.16. The molecule has 4 nitrogen and oxygen atoms in total. The van der Waals surface area contributed by atoms with Gasteiger partial charge in [-0.25, -0.2) is 0 Å². The Bertz CT molecular complexity index is 383. The number of rotatable bonds is 3. The lowest BCUT2D eigenvalue weighted by molar-refractivity contribution is -0.384. The van der Waals surface area contributed by atoms with Crippen molar-refractivity contribution in [3.8, 4) is 0 Å². The fourth-order valence-electron chi connectivity index (χ4n) is 0.927. The summed E-state index contributed by atoms with van der Waals surface area (Å²) in [7, 11) is 0. The zero-order valence-electron chi connectivity index (χ0n) is 6.81. The van der Waals surface area contributed by atoms with Crippen LogP contribution in [-0.4, -0.2) is 11.2 Å². The first-order valence-electron chi connectivity index (χ1n) is 3.59. The maximum absolute atomic E-state index is 10.4. The van der Waals surface area contributed by atoms with E-state index in [0.29, 0.717) is 16.3 Å². The second-order valence-corrected chi connectivity index (χ2v) is 3.83. The number of alkyl halides is 1. The van der Waals surface area contributed by atoms with Gasteiger partial charge in [-0.3, -0.25) is 10.1 Å². The topological polar surface area (TPSA) is 60.2 Å². The quantitative estimate of drug-likeness (QED) is 0.370. The average Bonchev–Trinajstić information content (AvgIpc) is 2.16. The molecule has 0 saturated heterocycles. The third kappa shape index (κ3) is 2.30. The van der Waals surface area contributed by atoms with E-state index in [4.69, 9.17) is 11.6 Å². The lowest BCUT2D eigenvalue weighted by Crippen LogP contribution is -1.94. The van der Waals surface area contributed by atoms with E-state index in [9.17, 15) is 14.9 Å². The van der Waals surface area contributed by atoms with Crippen LogP contribution < -0.4 is 0 Å². The Morgan fingerprint density at radius 3 is 2.64 bits per heavy atom. The highest BCUT2D eigenvalue weighted by Gasteiger charge is 2.14. The molecule has 0 heterocycles. The van der Waals surface area contributed by atoms with Gasteiger partial charge in [-0.05, 0) is 11.6 Å². The van der Waals surface area contributed by atoms with Gasteiger partial charge in [0.2, 0.25) is 0 Å². The average molecular weight is 278 g/mol. The number of nitrogens with zero attached hydrogens (tertiary/aromatic N) is 1. The molecule has 0 spiro atoms. The number of aldehydes is 1. The second-order valence-electron chi connectivity index (χ2n) is 2.50. The van der Waals surface area contributed by atoms with Gasteiger partial charge in [0.15, 0.2) is 0 Å². The molecule has 0 radical (unpaired) electrons. The zero-order chi connectivity index (χ0) is 10.7. The number of nitro benzene ring substituents is 1. The van der Waals surface area contributed by atoms with Crippen molar-refractivity contribution in [1.29, 1.82) is 0 Å². The summed E-state index contributed by atoms with van der Waals surface area (Å²) in [5.74, 6) is 0. The van der Waals surface area contributed by atoms with Gasteiger partial charge in [-0.15, -0.1) is 11.6 Å². The van der Waals surface area contributed by atoms with Gasteiger partial charge in [0.1, 0.15) is 11.7 Å². The molecule has 6 heteroatoms. The molecular formula is C8H5BrClNO3. The van der Waals surface area contributed by atoms with Crippen LogP contribution in [0, 0.1) is 10.1 Å². The van der Waals surface area contributed by atoms with E-state index < -0.39 is 10.3 Å². The Morgan fingerprint density at radius 1 is 1.57 bits per heavy atom.